The van der Waals surface area contributed by atoms with Gasteiger partial charge in [-0.3, -0.25) is 4.79 Å². The van der Waals surface area contributed by atoms with Gasteiger partial charge in [0.2, 0.25) is 5.91 Å². The van der Waals surface area contributed by atoms with Gasteiger partial charge in [-0.15, -0.1) is 11.8 Å². The van der Waals surface area contributed by atoms with Crippen LogP contribution in [0.2, 0.25) is 0 Å². The van der Waals surface area contributed by atoms with Gasteiger partial charge in [-0.25, -0.2) is 4.39 Å². The van der Waals surface area contributed by atoms with Crippen LogP contribution in [0, 0.1) is 5.82 Å². The zero-order chi connectivity index (χ0) is 14.4. The van der Waals surface area contributed by atoms with Crippen molar-refractivity contribution in [2.45, 2.75) is 5.75 Å². The third-order valence-electron chi connectivity index (χ3n) is 2.56. The normalized spacial score (nSPS) is 10.3. The van der Waals surface area contributed by atoms with Crippen LogP contribution in [0.4, 0.5) is 10.1 Å². The lowest BCUT2D eigenvalue weighted by Crippen LogP contribution is -2.14. The van der Waals surface area contributed by atoms with Crippen molar-refractivity contribution in [1.82, 2.24) is 0 Å². The lowest BCUT2D eigenvalue weighted by atomic mass is 10.2. The Balaban J connectivity index is 1.80. The molecule has 2 aromatic carbocycles. The zero-order valence-electron chi connectivity index (χ0n) is 10.6. The molecule has 0 fully saturated rings. The average molecular weight is 354 g/mol. The Labute approximate surface area is 129 Å². The monoisotopic (exact) mass is 353 g/mol. The van der Waals surface area contributed by atoms with Crippen LogP contribution in [0.25, 0.3) is 0 Å². The lowest BCUT2D eigenvalue weighted by molar-refractivity contribution is -0.113. The molecule has 0 saturated carbocycles. The van der Waals surface area contributed by atoms with Gasteiger partial charge in [0, 0.05) is 15.9 Å². The number of hydrogen-bond donors (Lipinski definition) is 1. The van der Waals surface area contributed by atoms with Crippen LogP contribution < -0.4 is 5.32 Å². The van der Waals surface area contributed by atoms with Gasteiger partial charge >= 0.3 is 0 Å². The van der Waals surface area contributed by atoms with E-state index in [0.29, 0.717) is 17.1 Å². The van der Waals surface area contributed by atoms with E-state index in [1.165, 1.54) is 17.8 Å². The van der Waals surface area contributed by atoms with Crippen molar-refractivity contribution in [3.05, 3.63) is 64.4 Å². The van der Waals surface area contributed by atoms with Crippen molar-refractivity contribution in [3.8, 4) is 0 Å². The van der Waals surface area contributed by atoms with Gasteiger partial charge in [-0.2, -0.15) is 0 Å². The number of carbonyl (C=O) groups is 1. The van der Waals surface area contributed by atoms with Gasteiger partial charge in [-0.05, 0) is 29.8 Å². The fourth-order valence-corrected chi connectivity index (χ4v) is 2.85. The molecular weight excluding hydrogens is 341 g/mol. The van der Waals surface area contributed by atoms with E-state index in [4.69, 9.17) is 0 Å². The van der Waals surface area contributed by atoms with E-state index >= 15 is 0 Å². The van der Waals surface area contributed by atoms with Crippen LogP contribution >= 0.6 is 27.7 Å². The smallest absolute Gasteiger partial charge is 0.234 e. The molecule has 5 heteroatoms. The van der Waals surface area contributed by atoms with Crippen molar-refractivity contribution in [2.24, 2.45) is 0 Å². The number of hydrogen-bond acceptors (Lipinski definition) is 2. The maximum Gasteiger partial charge on any atom is 0.234 e. The molecule has 2 nitrogen and oxygen atoms in total. The topological polar surface area (TPSA) is 29.1 Å². The number of amides is 1. The Morgan fingerprint density at radius 3 is 2.75 bits per heavy atom. The van der Waals surface area contributed by atoms with E-state index in [2.05, 4.69) is 21.2 Å². The van der Waals surface area contributed by atoms with Crippen molar-refractivity contribution in [1.29, 1.82) is 0 Å². The van der Waals surface area contributed by atoms with E-state index < -0.39 is 0 Å². The van der Waals surface area contributed by atoms with Gasteiger partial charge in [-0.1, -0.05) is 40.2 Å². The predicted molar refractivity (Wildman–Crippen MR) is 85.3 cm³/mol. The van der Waals surface area contributed by atoms with E-state index in [-0.39, 0.29) is 11.7 Å². The van der Waals surface area contributed by atoms with Crippen molar-refractivity contribution < 1.29 is 9.18 Å². The van der Waals surface area contributed by atoms with E-state index in [0.717, 1.165) is 10.2 Å². The number of rotatable bonds is 5. The Kier molecular flexibility index (Phi) is 5.61. The predicted octanol–water partition coefficient (Wildman–Crippen LogP) is 4.46. The first kappa shape index (κ1) is 15.1. The average Bonchev–Trinajstić information content (AvgIpc) is 2.41. The summed E-state index contributed by atoms with van der Waals surface area (Å²) in [5, 5.41) is 2.80. The van der Waals surface area contributed by atoms with Crippen LogP contribution in [0.1, 0.15) is 5.56 Å². The second-order valence-corrected chi connectivity index (χ2v) is 6.04. The highest BCUT2D eigenvalue weighted by Gasteiger charge is 2.05. The molecule has 0 aliphatic carbocycles. The molecule has 20 heavy (non-hydrogen) atoms. The highest BCUT2D eigenvalue weighted by atomic mass is 79.9. The first-order valence-corrected chi connectivity index (χ1v) is 7.96. The van der Waals surface area contributed by atoms with Crippen molar-refractivity contribution >= 4 is 39.3 Å². The summed E-state index contributed by atoms with van der Waals surface area (Å²) in [6.07, 6.45) is 0. The fourth-order valence-electron chi connectivity index (χ4n) is 1.63. The standard InChI is InChI=1S/C15H13BrFNOS/c16-12-5-3-6-13(8-12)18-15(19)10-20-9-11-4-1-2-7-14(11)17/h1-8H,9-10H2,(H,18,19). The molecule has 0 spiro atoms. The minimum atomic E-state index is -0.229. The number of thioether (sulfide) groups is 1. The largest absolute Gasteiger partial charge is 0.325 e. The summed E-state index contributed by atoms with van der Waals surface area (Å²) < 4.78 is 14.3. The second kappa shape index (κ2) is 7.45. The van der Waals surface area contributed by atoms with E-state index in [1.807, 2.05) is 24.3 Å². The molecular formula is C15H13BrFNOS. The summed E-state index contributed by atoms with van der Waals surface area (Å²) in [5.74, 6) is 0.455. The molecule has 104 valence electrons. The third kappa shape index (κ3) is 4.65. The minimum absolute atomic E-state index is 0.0931. The molecule has 2 rings (SSSR count). The second-order valence-electron chi connectivity index (χ2n) is 4.14. The minimum Gasteiger partial charge on any atom is -0.325 e. The lowest BCUT2D eigenvalue weighted by Gasteiger charge is -2.06. The first-order valence-electron chi connectivity index (χ1n) is 6.02. The quantitative estimate of drug-likeness (QED) is 0.859. The molecule has 1 amide bonds. The van der Waals surface area contributed by atoms with Crippen molar-refractivity contribution in [3.63, 3.8) is 0 Å². The highest BCUT2D eigenvalue weighted by Crippen LogP contribution is 2.18. The summed E-state index contributed by atoms with van der Waals surface area (Å²) in [5.41, 5.74) is 1.36. The molecule has 2 aromatic rings. The molecule has 0 atom stereocenters. The Morgan fingerprint density at radius 1 is 1.20 bits per heavy atom. The molecule has 0 heterocycles. The van der Waals surface area contributed by atoms with Crippen LogP contribution in [0.15, 0.2) is 53.0 Å². The molecule has 0 bridgehead atoms. The SMILES string of the molecule is O=C(CSCc1ccccc1F)Nc1cccc(Br)c1. The Hall–Kier alpha value is -1.33. The molecule has 0 aliphatic heterocycles. The fraction of sp³-hybridized carbons (Fsp3) is 0.133. The van der Waals surface area contributed by atoms with E-state index in [1.54, 1.807) is 18.2 Å². The number of benzene rings is 2. The van der Waals surface area contributed by atoms with Crippen LogP contribution in [0.3, 0.4) is 0 Å². The number of nitrogens with one attached hydrogen (secondary N) is 1. The van der Waals surface area contributed by atoms with E-state index in [9.17, 15) is 9.18 Å². The molecule has 0 aliphatic rings. The number of halogens is 2. The molecule has 0 unspecified atom stereocenters. The Bertz CT molecular complexity index is 606. The third-order valence-corrected chi connectivity index (χ3v) is 4.03. The van der Waals surface area contributed by atoms with Gasteiger partial charge in [0.05, 0.1) is 5.75 Å². The zero-order valence-corrected chi connectivity index (χ0v) is 13.0. The van der Waals surface area contributed by atoms with Gasteiger partial charge < -0.3 is 5.32 Å². The summed E-state index contributed by atoms with van der Waals surface area (Å²) in [6.45, 7) is 0. The first-order chi connectivity index (χ1) is 9.65. The maximum atomic E-state index is 13.4. The van der Waals surface area contributed by atoms with Crippen LogP contribution in [0.5, 0.6) is 0 Å². The van der Waals surface area contributed by atoms with Gasteiger partial charge in [0.15, 0.2) is 0 Å². The summed E-state index contributed by atoms with van der Waals surface area (Å²) in [4.78, 5) is 11.8. The van der Waals surface area contributed by atoms with Gasteiger partial charge in [0.25, 0.3) is 0 Å². The maximum absolute atomic E-state index is 13.4. The summed E-state index contributed by atoms with van der Waals surface area (Å²) in [6, 6.07) is 14.0. The highest BCUT2D eigenvalue weighted by molar-refractivity contribution is 9.10. The molecule has 0 saturated heterocycles. The molecule has 1 N–H and O–H groups in total. The molecule has 0 aromatic heterocycles. The number of anilines is 1. The van der Waals surface area contributed by atoms with Crippen LogP contribution in [-0.4, -0.2) is 11.7 Å². The van der Waals surface area contributed by atoms with Gasteiger partial charge in [0.1, 0.15) is 5.82 Å². The summed E-state index contributed by atoms with van der Waals surface area (Å²) >= 11 is 4.73. The number of carbonyl (C=O) groups excluding carboxylic acids is 1. The summed E-state index contributed by atoms with van der Waals surface area (Å²) in [7, 11) is 0. The van der Waals surface area contributed by atoms with Crippen molar-refractivity contribution in [2.75, 3.05) is 11.1 Å². The van der Waals surface area contributed by atoms with Crippen LogP contribution in [-0.2, 0) is 10.5 Å². The molecule has 0 radical (unpaired) electrons. The Morgan fingerprint density at radius 2 is 2.00 bits per heavy atom.